The Labute approximate surface area is 150 Å². The van der Waals surface area contributed by atoms with Gasteiger partial charge in [-0.2, -0.15) is 5.10 Å². The number of nitrogens with one attached hydrogen (secondary N) is 2. The van der Waals surface area contributed by atoms with E-state index in [0.717, 1.165) is 24.1 Å². The van der Waals surface area contributed by atoms with E-state index in [1.165, 1.54) is 6.07 Å². The Morgan fingerprint density at radius 1 is 1.27 bits per heavy atom. The van der Waals surface area contributed by atoms with Gasteiger partial charge in [0.1, 0.15) is 11.5 Å². The molecule has 1 atom stereocenters. The molecule has 132 valence electrons. The van der Waals surface area contributed by atoms with Gasteiger partial charge < -0.3 is 5.32 Å². The molecule has 3 aromatic rings. The number of nitrogens with zero attached hydrogens (tertiary/aromatic N) is 2. The van der Waals surface area contributed by atoms with Gasteiger partial charge in [0, 0.05) is 11.8 Å². The van der Waals surface area contributed by atoms with Crippen LogP contribution in [0.3, 0.4) is 0 Å². The van der Waals surface area contributed by atoms with Crippen LogP contribution in [0.4, 0.5) is 4.39 Å². The molecule has 5 nitrogen and oxygen atoms in total. The number of hydrogen-bond donors (Lipinski definition) is 2. The normalized spacial score (nSPS) is 14.8. The van der Waals surface area contributed by atoms with E-state index in [4.69, 9.17) is 0 Å². The van der Waals surface area contributed by atoms with Crippen molar-refractivity contribution in [3.8, 4) is 11.3 Å². The molecule has 4 rings (SSSR count). The first-order valence-electron chi connectivity index (χ1n) is 8.65. The highest BCUT2D eigenvalue weighted by atomic mass is 19.1. The Hall–Kier alpha value is -3.02. The Kier molecular flexibility index (Phi) is 4.24. The first-order chi connectivity index (χ1) is 12.6. The Balaban J connectivity index is 1.55. The summed E-state index contributed by atoms with van der Waals surface area (Å²) in [5, 5.41) is 9.84. The van der Waals surface area contributed by atoms with Crippen LogP contribution in [0.15, 0.2) is 48.7 Å². The fourth-order valence-corrected chi connectivity index (χ4v) is 3.06. The second-order valence-corrected chi connectivity index (χ2v) is 6.69. The molecule has 2 aromatic heterocycles. The first kappa shape index (κ1) is 16.4. The maximum Gasteiger partial charge on any atom is 0.269 e. The number of H-pyrrole nitrogens is 1. The largest absolute Gasteiger partial charge is 0.342 e. The molecule has 1 unspecified atom stereocenters. The summed E-state index contributed by atoms with van der Waals surface area (Å²) >= 11 is 0. The molecule has 1 saturated carbocycles. The second-order valence-electron chi connectivity index (χ2n) is 6.69. The summed E-state index contributed by atoms with van der Waals surface area (Å²) in [6.45, 7) is 2.01. The fourth-order valence-electron chi connectivity index (χ4n) is 3.06. The van der Waals surface area contributed by atoms with Crippen LogP contribution in [0, 0.1) is 18.7 Å². The highest BCUT2D eigenvalue weighted by molar-refractivity contribution is 5.93. The van der Waals surface area contributed by atoms with Crippen molar-refractivity contribution in [2.75, 3.05) is 0 Å². The lowest BCUT2D eigenvalue weighted by Gasteiger charge is -2.17. The number of hydrogen-bond acceptors (Lipinski definition) is 3. The highest BCUT2D eigenvalue weighted by Crippen LogP contribution is 2.40. The van der Waals surface area contributed by atoms with E-state index in [9.17, 15) is 9.18 Å². The van der Waals surface area contributed by atoms with Crippen LogP contribution in [-0.4, -0.2) is 21.1 Å². The standard InChI is InChI=1S/C20H19FN4O/c1-12-8-9-22-17(10-12)19(13-6-7-13)23-20(26)18-11-16(24-25-18)14-4-2-3-5-15(14)21/h2-5,8-11,13,19H,6-7H2,1H3,(H,23,26)(H,24,25). The lowest BCUT2D eigenvalue weighted by Crippen LogP contribution is -2.30. The lowest BCUT2D eigenvalue weighted by molar-refractivity contribution is 0.0925. The summed E-state index contributed by atoms with van der Waals surface area (Å²) in [5.41, 5.74) is 3.06. The number of aryl methyl sites for hydroxylation is 1. The summed E-state index contributed by atoms with van der Waals surface area (Å²) < 4.78 is 13.9. The van der Waals surface area contributed by atoms with Gasteiger partial charge in [0.15, 0.2) is 0 Å². The maximum absolute atomic E-state index is 13.9. The molecule has 2 heterocycles. The molecule has 2 N–H and O–H groups in total. The van der Waals surface area contributed by atoms with E-state index in [-0.39, 0.29) is 17.8 Å². The van der Waals surface area contributed by atoms with Gasteiger partial charge in [-0.05, 0) is 61.6 Å². The van der Waals surface area contributed by atoms with E-state index in [2.05, 4.69) is 20.5 Å². The Morgan fingerprint density at radius 3 is 2.81 bits per heavy atom. The van der Waals surface area contributed by atoms with Crippen LogP contribution in [0.2, 0.25) is 0 Å². The molecule has 6 heteroatoms. The van der Waals surface area contributed by atoms with Gasteiger partial charge in [-0.15, -0.1) is 0 Å². The van der Waals surface area contributed by atoms with E-state index >= 15 is 0 Å². The van der Waals surface area contributed by atoms with Gasteiger partial charge in [0.05, 0.1) is 17.4 Å². The first-order valence-corrected chi connectivity index (χ1v) is 8.65. The number of halogens is 1. The average molecular weight is 350 g/mol. The molecule has 1 fully saturated rings. The van der Waals surface area contributed by atoms with Crippen molar-refractivity contribution < 1.29 is 9.18 Å². The van der Waals surface area contributed by atoms with Gasteiger partial charge in [0.2, 0.25) is 0 Å². The third-order valence-corrected chi connectivity index (χ3v) is 4.61. The number of aromatic nitrogens is 3. The van der Waals surface area contributed by atoms with Crippen LogP contribution in [0.1, 0.15) is 40.6 Å². The molecular formula is C20H19FN4O. The van der Waals surface area contributed by atoms with Gasteiger partial charge in [-0.3, -0.25) is 14.9 Å². The lowest BCUT2D eigenvalue weighted by atomic mass is 10.1. The van der Waals surface area contributed by atoms with Crippen molar-refractivity contribution in [2.45, 2.75) is 25.8 Å². The Morgan fingerprint density at radius 2 is 2.08 bits per heavy atom. The van der Waals surface area contributed by atoms with Crippen LogP contribution in [0.5, 0.6) is 0 Å². The SMILES string of the molecule is Cc1ccnc(C(NC(=O)c2cc(-c3ccccc3F)n[nH]2)C2CC2)c1. The second kappa shape index (κ2) is 6.71. The topological polar surface area (TPSA) is 70.7 Å². The number of aromatic amines is 1. The van der Waals surface area contributed by atoms with Crippen LogP contribution in [-0.2, 0) is 0 Å². The van der Waals surface area contributed by atoms with Gasteiger partial charge in [0.25, 0.3) is 5.91 Å². The van der Waals surface area contributed by atoms with Crippen molar-refractivity contribution in [2.24, 2.45) is 5.92 Å². The smallest absolute Gasteiger partial charge is 0.269 e. The van der Waals surface area contributed by atoms with E-state index in [1.807, 2.05) is 19.1 Å². The number of rotatable bonds is 5. The summed E-state index contributed by atoms with van der Waals surface area (Å²) in [6.07, 6.45) is 3.91. The number of pyridine rings is 1. The molecule has 0 radical (unpaired) electrons. The molecule has 0 saturated heterocycles. The van der Waals surface area contributed by atoms with E-state index < -0.39 is 0 Å². The van der Waals surface area contributed by atoms with Crippen LogP contribution < -0.4 is 5.32 Å². The quantitative estimate of drug-likeness (QED) is 0.735. The summed E-state index contributed by atoms with van der Waals surface area (Å²) in [7, 11) is 0. The van der Waals surface area contributed by atoms with Crippen molar-refractivity contribution in [3.63, 3.8) is 0 Å². The number of benzene rings is 1. The summed E-state index contributed by atoms with van der Waals surface area (Å²) in [4.78, 5) is 17.1. The molecular weight excluding hydrogens is 331 g/mol. The zero-order chi connectivity index (χ0) is 18.1. The summed E-state index contributed by atoms with van der Waals surface area (Å²) in [6, 6.07) is 11.7. The summed E-state index contributed by atoms with van der Waals surface area (Å²) in [5.74, 6) is -0.228. The minimum atomic E-state index is -0.370. The fraction of sp³-hybridized carbons (Fsp3) is 0.250. The molecule has 1 aliphatic rings. The molecule has 0 aliphatic heterocycles. The molecule has 1 aromatic carbocycles. The minimum absolute atomic E-state index is 0.123. The molecule has 26 heavy (non-hydrogen) atoms. The monoisotopic (exact) mass is 350 g/mol. The van der Waals surface area contributed by atoms with Crippen molar-refractivity contribution in [3.05, 3.63) is 71.4 Å². The molecule has 1 amide bonds. The van der Waals surface area contributed by atoms with Crippen LogP contribution in [0.25, 0.3) is 11.3 Å². The van der Waals surface area contributed by atoms with Gasteiger partial charge in [-0.25, -0.2) is 4.39 Å². The van der Waals surface area contributed by atoms with Crippen LogP contribution >= 0.6 is 0 Å². The maximum atomic E-state index is 13.9. The van der Waals surface area contributed by atoms with Crippen molar-refractivity contribution >= 4 is 5.91 Å². The molecule has 0 spiro atoms. The van der Waals surface area contributed by atoms with Gasteiger partial charge >= 0.3 is 0 Å². The number of amides is 1. The third-order valence-electron chi connectivity index (χ3n) is 4.61. The minimum Gasteiger partial charge on any atom is -0.342 e. The highest BCUT2D eigenvalue weighted by Gasteiger charge is 2.34. The van der Waals surface area contributed by atoms with Gasteiger partial charge in [-0.1, -0.05) is 12.1 Å². The zero-order valence-corrected chi connectivity index (χ0v) is 14.4. The van der Waals surface area contributed by atoms with Crippen molar-refractivity contribution in [1.29, 1.82) is 0 Å². The third kappa shape index (κ3) is 3.35. The predicted molar refractivity (Wildman–Crippen MR) is 95.9 cm³/mol. The van der Waals surface area contributed by atoms with Crippen molar-refractivity contribution in [1.82, 2.24) is 20.5 Å². The molecule has 1 aliphatic carbocycles. The number of carbonyl (C=O) groups excluding carboxylic acids is 1. The molecule has 0 bridgehead atoms. The predicted octanol–water partition coefficient (Wildman–Crippen LogP) is 3.80. The average Bonchev–Trinajstić information content (AvgIpc) is 3.36. The van der Waals surface area contributed by atoms with E-state index in [1.54, 1.807) is 30.5 Å². The zero-order valence-electron chi connectivity index (χ0n) is 14.4. The van der Waals surface area contributed by atoms with E-state index in [0.29, 0.717) is 22.9 Å². The Bertz CT molecular complexity index is 948. The number of carbonyl (C=O) groups is 1.